The molecule has 1 unspecified atom stereocenters. The molecule has 0 saturated heterocycles. The minimum Gasteiger partial charge on any atom is -0.495 e. The number of ether oxygens (including phenoxy) is 3. The summed E-state index contributed by atoms with van der Waals surface area (Å²) in [6, 6.07) is 4.74. The molecule has 0 radical (unpaired) electrons. The maximum absolute atomic E-state index is 11.9. The maximum atomic E-state index is 11.9. The molecule has 1 atom stereocenters. The third-order valence-corrected chi connectivity index (χ3v) is 2.41. The minimum absolute atomic E-state index is 0.149. The van der Waals surface area contributed by atoms with E-state index in [-0.39, 0.29) is 17.9 Å². The van der Waals surface area contributed by atoms with Gasteiger partial charge >= 0.3 is 11.9 Å². The Labute approximate surface area is 111 Å². The number of hydrogen-bond acceptors (Lipinski definition) is 6. The van der Waals surface area contributed by atoms with Crippen LogP contribution in [-0.4, -0.2) is 31.8 Å². The average molecular weight is 267 g/mol. The van der Waals surface area contributed by atoms with Gasteiger partial charge in [-0.05, 0) is 26.0 Å². The third kappa shape index (κ3) is 3.61. The van der Waals surface area contributed by atoms with E-state index in [0.717, 1.165) is 0 Å². The van der Waals surface area contributed by atoms with Crippen molar-refractivity contribution in [2.24, 2.45) is 0 Å². The molecule has 0 heterocycles. The molecule has 0 amide bonds. The van der Waals surface area contributed by atoms with Gasteiger partial charge in [0.2, 0.25) is 0 Å². The van der Waals surface area contributed by atoms with Gasteiger partial charge in [0.1, 0.15) is 5.75 Å². The van der Waals surface area contributed by atoms with Crippen LogP contribution in [0.4, 0.5) is 5.69 Å². The predicted molar refractivity (Wildman–Crippen MR) is 68.9 cm³/mol. The van der Waals surface area contributed by atoms with Gasteiger partial charge in [-0.2, -0.15) is 0 Å². The van der Waals surface area contributed by atoms with Crippen LogP contribution in [0.15, 0.2) is 18.2 Å². The van der Waals surface area contributed by atoms with Crippen LogP contribution >= 0.6 is 0 Å². The lowest BCUT2D eigenvalue weighted by Gasteiger charge is -2.13. The Hall–Kier alpha value is -2.24. The zero-order valence-corrected chi connectivity index (χ0v) is 11.1. The van der Waals surface area contributed by atoms with Crippen LogP contribution in [0.1, 0.15) is 24.2 Å². The number of benzene rings is 1. The highest BCUT2D eigenvalue weighted by Crippen LogP contribution is 2.25. The monoisotopic (exact) mass is 267 g/mol. The maximum Gasteiger partial charge on any atom is 0.347 e. The summed E-state index contributed by atoms with van der Waals surface area (Å²) in [5, 5.41) is 0. The van der Waals surface area contributed by atoms with Crippen molar-refractivity contribution >= 4 is 17.6 Å². The number of para-hydroxylation sites is 1. The molecule has 0 aliphatic carbocycles. The summed E-state index contributed by atoms with van der Waals surface area (Å²) in [6.45, 7) is 3.33. The molecule has 0 aromatic heterocycles. The number of nitrogens with two attached hydrogens (primary N) is 1. The summed E-state index contributed by atoms with van der Waals surface area (Å²) in [7, 11) is 1.45. The smallest absolute Gasteiger partial charge is 0.347 e. The number of hydrogen-bond donors (Lipinski definition) is 1. The average Bonchev–Trinajstić information content (AvgIpc) is 2.39. The summed E-state index contributed by atoms with van der Waals surface area (Å²) >= 11 is 0. The van der Waals surface area contributed by atoms with E-state index in [9.17, 15) is 9.59 Å². The van der Waals surface area contributed by atoms with Crippen molar-refractivity contribution < 1.29 is 23.8 Å². The Morgan fingerprint density at radius 3 is 2.63 bits per heavy atom. The van der Waals surface area contributed by atoms with E-state index in [0.29, 0.717) is 5.75 Å². The zero-order valence-electron chi connectivity index (χ0n) is 11.1. The van der Waals surface area contributed by atoms with Crippen molar-refractivity contribution in [2.45, 2.75) is 20.0 Å². The Morgan fingerprint density at radius 2 is 2.05 bits per heavy atom. The first kappa shape index (κ1) is 14.8. The van der Waals surface area contributed by atoms with Crippen LogP contribution in [0.25, 0.3) is 0 Å². The van der Waals surface area contributed by atoms with Gasteiger partial charge in [-0.15, -0.1) is 0 Å². The lowest BCUT2D eigenvalue weighted by molar-refractivity contribution is -0.152. The number of methoxy groups -OCH3 is 1. The molecule has 104 valence electrons. The van der Waals surface area contributed by atoms with Crippen LogP contribution in [0.2, 0.25) is 0 Å². The highest BCUT2D eigenvalue weighted by molar-refractivity contribution is 5.97. The predicted octanol–water partition coefficient (Wildman–Crippen LogP) is 1.39. The van der Waals surface area contributed by atoms with E-state index in [2.05, 4.69) is 0 Å². The van der Waals surface area contributed by atoms with E-state index in [1.807, 2.05) is 0 Å². The van der Waals surface area contributed by atoms with Crippen molar-refractivity contribution in [1.82, 2.24) is 0 Å². The topological polar surface area (TPSA) is 87.8 Å². The second-order valence-corrected chi connectivity index (χ2v) is 3.72. The minimum atomic E-state index is -0.988. The van der Waals surface area contributed by atoms with Gasteiger partial charge < -0.3 is 19.9 Å². The summed E-state index contributed by atoms with van der Waals surface area (Å²) < 4.78 is 14.7. The Kier molecular flexibility index (Phi) is 5.17. The second-order valence-electron chi connectivity index (χ2n) is 3.72. The van der Waals surface area contributed by atoms with E-state index < -0.39 is 18.0 Å². The molecule has 1 aromatic rings. The molecule has 6 nitrogen and oxygen atoms in total. The third-order valence-electron chi connectivity index (χ3n) is 2.41. The molecule has 2 N–H and O–H groups in total. The van der Waals surface area contributed by atoms with Crippen LogP contribution in [0.5, 0.6) is 5.75 Å². The summed E-state index contributed by atoms with van der Waals surface area (Å²) in [5.74, 6) is -0.924. The lowest BCUT2D eigenvalue weighted by Crippen LogP contribution is -2.26. The standard InChI is InChI=1S/C13H17NO5/c1-4-18-12(15)8(2)19-13(16)9-6-5-7-10(17-3)11(9)14/h5-8H,4,14H2,1-3H3. The van der Waals surface area contributed by atoms with Crippen LogP contribution in [-0.2, 0) is 14.3 Å². The van der Waals surface area contributed by atoms with Crippen molar-refractivity contribution in [3.63, 3.8) is 0 Å². The molecule has 6 heteroatoms. The highest BCUT2D eigenvalue weighted by Gasteiger charge is 2.22. The normalized spacial score (nSPS) is 11.5. The lowest BCUT2D eigenvalue weighted by atomic mass is 10.1. The molecule has 0 aliphatic rings. The number of rotatable bonds is 5. The molecule has 0 fully saturated rings. The molecule has 0 bridgehead atoms. The fourth-order valence-corrected chi connectivity index (χ4v) is 1.43. The second kappa shape index (κ2) is 6.63. The Morgan fingerprint density at radius 1 is 1.37 bits per heavy atom. The van der Waals surface area contributed by atoms with Crippen LogP contribution < -0.4 is 10.5 Å². The number of nitrogen functional groups attached to an aromatic ring is 1. The van der Waals surface area contributed by atoms with Gasteiger partial charge in [0, 0.05) is 0 Å². The van der Waals surface area contributed by atoms with Crippen molar-refractivity contribution in [2.75, 3.05) is 19.5 Å². The number of carbonyl (C=O) groups is 2. The molecule has 1 rings (SSSR count). The highest BCUT2D eigenvalue weighted by atomic mass is 16.6. The molecule has 1 aromatic carbocycles. The fraction of sp³-hybridized carbons (Fsp3) is 0.385. The van der Waals surface area contributed by atoms with E-state index in [4.69, 9.17) is 19.9 Å². The van der Waals surface area contributed by atoms with E-state index in [1.165, 1.54) is 20.1 Å². The van der Waals surface area contributed by atoms with Crippen molar-refractivity contribution in [3.05, 3.63) is 23.8 Å². The SMILES string of the molecule is CCOC(=O)C(C)OC(=O)c1cccc(OC)c1N. The van der Waals surface area contributed by atoms with E-state index >= 15 is 0 Å². The summed E-state index contributed by atoms with van der Waals surface area (Å²) in [4.78, 5) is 23.2. The molecule has 19 heavy (non-hydrogen) atoms. The Bertz CT molecular complexity index is 472. The number of esters is 2. The molecule has 0 aliphatic heterocycles. The molecule has 0 spiro atoms. The summed E-state index contributed by atoms with van der Waals surface area (Å²) in [6.07, 6.45) is -0.988. The Balaban J connectivity index is 2.81. The van der Waals surface area contributed by atoms with Crippen LogP contribution in [0.3, 0.4) is 0 Å². The van der Waals surface area contributed by atoms with Crippen molar-refractivity contribution in [3.8, 4) is 5.75 Å². The van der Waals surface area contributed by atoms with E-state index in [1.54, 1.807) is 19.1 Å². The van der Waals surface area contributed by atoms with Gasteiger partial charge in [0.25, 0.3) is 0 Å². The van der Waals surface area contributed by atoms with Gasteiger partial charge in [-0.1, -0.05) is 6.07 Å². The van der Waals surface area contributed by atoms with Crippen LogP contribution in [0, 0.1) is 0 Å². The van der Waals surface area contributed by atoms with Gasteiger partial charge in [0.15, 0.2) is 6.10 Å². The zero-order chi connectivity index (χ0) is 14.4. The molecular weight excluding hydrogens is 250 g/mol. The summed E-state index contributed by atoms with van der Waals surface area (Å²) in [5.41, 5.74) is 6.08. The number of carbonyl (C=O) groups excluding carboxylic acids is 2. The first-order valence-corrected chi connectivity index (χ1v) is 5.81. The number of anilines is 1. The quantitative estimate of drug-likeness (QED) is 0.640. The van der Waals surface area contributed by atoms with Crippen molar-refractivity contribution in [1.29, 1.82) is 0 Å². The van der Waals surface area contributed by atoms with Gasteiger partial charge in [-0.3, -0.25) is 0 Å². The van der Waals surface area contributed by atoms with Gasteiger partial charge in [-0.25, -0.2) is 9.59 Å². The molecule has 0 saturated carbocycles. The first-order chi connectivity index (χ1) is 9.01. The largest absolute Gasteiger partial charge is 0.495 e. The molecular formula is C13H17NO5. The first-order valence-electron chi connectivity index (χ1n) is 5.81. The fourth-order valence-electron chi connectivity index (χ4n) is 1.43. The van der Waals surface area contributed by atoms with Gasteiger partial charge in [0.05, 0.1) is 25.0 Å².